The standard InChI is InChI=1S/C18H11ClF4N4O3/c1-8(27-17(28)16-11(20)6-25-7-12(16)21)5-26-13(4-24)9-2-14-15(3-10(9)19)30-18(22,23)29-14/h2-7H,1,24H2,(H,27,28)/b13-4-,26-5-. The van der Waals surface area contributed by atoms with Crippen LogP contribution in [0.15, 0.2) is 48.0 Å². The highest BCUT2D eigenvalue weighted by Crippen LogP contribution is 2.45. The number of nitrogens with one attached hydrogen (secondary N) is 1. The van der Waals surface area contributed by atoms with Crippen LogP contribution in [-0.2, 0) is 0 Å². The van der Waals surface area contributed by atoms with Crippen molar-refractivity contribution < 1.29 is 31.8 Å². The fraction of sp³-hybridized carbons (Fsp3) is 0.0556. The van der Waals surface area contributed by atoms with Gasteiger partial charge in [0.05, 0.1) is 35.0 Å². The minimum atomic E-state index is -3.84. The lowest BCUT2D eigenvalue weighted by atomic mass is 10.1. The number of pyridine rings is 1. The molecule has 0 atom stereocenters. The zero-order valence-corrected chi connectivity index (χ0v) is 15.5. The van der Waals surface area contributed by atoms with Gasteiger partial charge in [-0.15, -0.1) is 8.78 Å². The van der Waals surface area contributed by atoms with Gasteiger partial charge in [-0.3, -0.25) is 14.8 Å². The molecular formula is C18H11ClF4N4O3. The molecule has 0 saturated carbocycles. The first-order chi connectivity index (χ1) is 14.1. The van der Waals surface area contributed by atoms with Crippen LogP contribution in [0.4, 0.5) is 17.6 Å². The molecule has 3 N–H and O–H groups in total. The second-order valence-corrected chi connectivity index (χ2v) is 6.12. The maximum absolute atomic E-state index is 13.6. The number of nitrogens with zero attached hydrogens (tertiary/aromatic N) is 2. The Morgan fingerprint density at radius 2 is 1.83 bits per heavy atom. The molecule has 7 nitrogen and oxygen atoms in total. The number of ether oxygens (including phenoxy) is 2. The lowest BCUT2D eigenvalue weighted by molar-refractivity contribution is -0.286. The minimum Gasteiger partial charge on any atom is -0.403 e. The maximum atomic E-state index is 13.6. The molecule has 0 radical (unpaired) electrons. The van der Waals surface area contributed by atoms with Crippen molar-refractivity contribution in [2.45, 2.75) is 6.29 Å². The largest absolute Gasteiger partial charge is 0.586 e. The van der Waals surface area contributed by atoms with E-state index in [4.69, 9.17) is 17.3 Å². The number of carbonyl (C=O) groups is 1. The van der Waals surface area contributed by atoms with E-state index in [9.17, 15) is 22.4 Å². The third-order valence-electron chi connectivity index (χ3n) is 3.64. The summed E-state index contributed by atoms with van der Waals surface area (Å²) in [6.45, 7) is 3.49. The number of nitrogens with two attached hydrogens (primary N) is 1. The van der Waals surface area contributed by atoms with Gasteiger partial charge in [0.2, 0.25) is 0 Å². The number of rotatable bonds is 5. The molecule has 3 rings (SSSR count). The molecule has 156 valence electrons. The average Bonchev–Trinajstić information content (AvgIpc) is 2.94. The Kier molecular flexibility index (Phi) is 5.65. The van der Waals surface area contributed by atoms with Crippen molar-refractivity contribution >= 4 is 29.4 Å². The van der Waals surface area contributed by atoms with Crippen molar-refractivity contribution in [1.82, 2.24) is 10.3 Å². The molecule has 30 heavy (non-hydrogen) atoms. The summed E-state index contributed by atoms with van der Waals surface area (Å²) in [5.74, 6) is -4.00. The van der Waals surface area contributed by atoms with Crippen LogP contribution < -0.4 is 20.5 Å². The average molecular weight is 443 g/mol. The van der Waals surface area contributed by atoms with E-state index in [1.807, 2.05) is 0 Å². The highest BCUT2D eigenvalue weighted by atomic mass is 35.5. The lowest BCUT2D eigenvalue weighted by Crippen LogP contribution is -2.25. The SMILES string of the molecule is C=C(/C=N\C(=C/N)c1cc2c(cc1Cl)OC(F)(F)O2)NC(=O)c1c(F)cncc1F. The number of hydrogen-bond donors (Lipinski definition) is 2. The smallest absolute Gasteiger partial charge is 0.403 e. The zero-order chi connectivity index (χ0) is 22.1. The number of hydrogen-bond acceptors (Lipinski definition) is 6. The number of alkyl halides is 2. The Labute approximate surface area is 171 Å². The lowest BCUT2D eigenvalue weighted by Gasteiger charge is -2.08. The number of aromatic nitrogens is 1. The van der Waals surface area contributed by atoms with Gasteiger partial charge in [0.25, 0.3) is 5.91 Å². The summed E-state index contributed by atoms with van der Waals surface area (Å²) >= 11 is 6.06. The van der Waals surface area contributed by atoms with Crippen molar-refractivity contribution in [2.75, 3.05) is 0 Å². The predicted octanol–water partition coefficient (Wildman–Crippen LogP) is 3.61. The number of benzene rings is 1. The highest BCUT2D eigenvalue weighted by molar-refractivity contribution is 6.32. The number of fused-ring (bicyclic) bond motifs is 1. The molecule has 0 unspecified atom stereocenters. The Balaban J connectivity index is 1.77. The fourth-order valence-electron chi connectivity index (χ4n) is 2.39. The quantitative estimate of drug-likeness (QED) is 0.544. The number of amides is 1. The normalized spacial score (nSPS) is 14.8. The number of aliphatic imine (C=N–C) groups is 1. The van der Waals surface area contributed by atoms with E-state index in [0.717, 1.165) is 24.5 Å². The second-order valence-electron chi connectivity index (χ2n) is 5.71. The molecular weight excluding hydrogens is 432 g/mol. The molecule has 0 aliphatic carbocycles. The summed E-state index contributed by atoms with van der Waals surface area (Å²) in [5.41, 5.74) is 4.62. The Bertz CT molecular complexity index is 1080. The summed E-state index contributed by atoms with van der Waals surface area (Å²) < 4.78 is 62.2. The van der Waals surface area contributed by atoms with E-state index in [1.54, 1.807) is 0 Å². The van der Waals surface area contributed by atoms with Crippen LogP contribution in [0.2, 0.25) is 5.02 Å². The van der Waals surface area contributed by atoms with Crippen LogP contribution in [0.25, 0.3) is 5.70 Å². The summed E-state index contributed by atoms with van der Waals surface area (Å²) in [7, 11) is 0. The highest BCUT2D eigenvalue weighted by Gasteiger charge is 2.44. The Morgan fingerprint density at radius 3 is 2.43 bits per heavy atom. The molecule has 2 aromatic rings. The van der Waals surface area contributed by atoms with Crippen LogP contribution in [0.3, 0.4) is 0 Å². The van der Waals surface area contributed by atoms with Crippen molar-refractivity contribution in [3.8, 4) is 11.5 Å². The van der Waals surface area contributed by atoms with Crippen molar-refractivity contribution in [3.05, 3.63) is 70.8 Å². The van der Waals surface area contributed by atoms with Gasteiger partial charge >= 0.3 is 6.29 Å². The molecule has 1 aliphatic heterocycles. The molecule has 1 aromatic carbocycles. The predicted molar refractivity (Wildman–Crippen MR) is 99.1 cm³/mol. The van der Waals surface area contributed by atoms with Gasteiger partial charge in [-0.1, -0.05) is 18.2 Å². The second kappa shape index (κ2) is 8.03. The van der Waals surface area contributed by atoms with Crippen LogP contribution in [-0.4, -0.2) is 23.4 Å². The number of carbonyl (C=O) groups excluding carboxylic acids is 1. The number of allylic oxidation sites excluding steroid dienone is 1. The third kappa shape index (κ3) is 4.35. The maximum Gasteiger partial charge on any atom is 0.586 e. The van der Waals surface area contributed by atoms with Gasteiger partial charge in [0, 0.05) is 17.8 Å². The summed E-state index contributed by atoms with van der Waals surface area (Å²) in [6, 6.07) is 2.23. The fourth-order valence-corrected chi connectivity index (χ4v) is 2.64. The summed E-state index contributed by atoms with van der Waals surface area (Å²) in [6.07, 6.45) is -0.459. The molecule has 0 fully saturated rings. The molecule has 2 heterocycles. The van der Waals surface area contributed by atoms with Crippen LogP contribution in [0.1, 0.15) is 15.9 Å². The molecule has 0 saturated heterocycles. The van der Waals surface area contributed by atoms with Crippen LogP contribution in [0, 0.1) is 11.6 Å². The summed E-state index contributed by atoms with van der Waals surface area (Å²) in [5, 5.41) is 2.11. The van der Waals surface area contributed by atoms with Crippen LogP contribution >= 0.6 is 11.6 Å². The van der Waals surface area contributed by atoms with E-state index in [-0.39, 0.29) is 33.5 Å². The first-order valence-electron chi connectivity index (χ1n) is 7.96. The Morgan fingerprint density at radius 1 is 1.23 bits per heavy atom. The number of halogens is 5. The van der Waals surface area contributed by atoms with Gasteiger partial charge in [-0.25, -0.2) is 8.78 Å². The molecule has 12 heteroatoms. The van der Waals surface area contributed by atoms with Crippen molar-refractivity contribution in [2.24, 2.45) is 10.7 Å². The van der Waals surface area contributed by atoms with E-state index in [1.165, 1.54) is 0 Å². The van der Waals surface area contributed by atoms with Gasteiger partial charge in [-0.05, 0) is 6.07 Å². The molecule has 0 spiro atoms. The van der Waals surface area contributed by atoms with E-state index in [0.29, 0.717) is 12.4 Å². The third-order valence-corrected chi connectivity index (χ3v) is 3.95. The molecule has 1 aromatic heterocycles. The van der Waals surface area contributed by atoms with Gasteiger partial charge < -0.3 is 20.5 Å². The van der Waals surface area contributed by atoms with Crippen molar-refractivity contribution in [1.29, 1.82) is 0 Å². The van der Waals surface area contributed by atoms with Crippen LogP contribution in [0.5, 0.6) is 11.5 Å². The van der Waals surface area contributed by atoms with Crippen molar-refractivity contribution in [3.63, 3.8) is 0 Å². The molecule has 0 bridgehead atoms. The van der Waals surface area contributed by atoms with E-state index in [2.05, 4.69) is 31.3 Å². The van der Waals surface area contributed by atoms with E-state index >= 15 is 0 Å². The minimum absolute atomic E-state index is 0.00159. The van der Waals surface area contributed by atoms with Gasteiger partial charge in [0.15, 0.2) is 23.1 Å². The topological polar surface area (TPSA) is 98.8 Å². The van der Waals surface area contributed by atoms with E-state index < -0.39 is 29.4 Å². The first kappa shape index (κ1) is 21.1. The summed E-state index contributed by atoms with van der Waals surface area (Å²) in [4.78, 5) is 19.2. The Hall–Kier alpha value is -3.60. The monoisotopic (exact) mass is 442 g/mol. The molecule has 1 aliphatic rings. The molecule has 1 amide bonds. The zero-order valence-electron chi connectivity index (χ0n) is 14.8. The first-order valence-corrected chi connectivity index (χ1v) is 8.34. The van der Waals surface area contributed by atoms with Gasteiger partial charge in [-0.2, -0.15) is 0 Å². The van der Waals surface area contributed by atoms with Gasteiger partial charge in [0.1, 0.15) is 5.56 Å².